The van der Waals surface area contributed by atoms with E-state index in [1.165, 1.54) is 140 Å². The summed E-state index contributed by atoms with van der Waals surface area (Å²) in [6.07, 6.45) is 14.9. The second-order valence-electron chi connectivity index (χ2n) is 16.2. The molecule has 6 aromatic carbocycles. The predicted octanol–water partition coefficient (Wildman–Crippen LogP) is 15.8. The van der Waals surface area contributed by atoms with Crippen LogP contribution in [-0.2, 0) is 32.1 Å². The van der Waals surface area contributed by atoms with Crippen LogP contribution in [0.15, 0.2) is 106 Å². The van der Waals surface area contributed by atoms with Gasteiger partial charge in [0.05, 0.1) is 0 Å². The van der Waals surface area contributed by atoms with Gasteiger partial charge in [0, 0.05) is 32.7 Å². The van der Waals surface area contributed by atoms with Crippen molar-refractivity contribution in [1.82, 2.24) is 0 Å². The van der Waals surface area contributed by atoms with E-state index in [2.05, 4.69) is 125 Å². The quantitative estimate of drug-likeness (QED) is 0.112. The molecule has 0 aliphatic heterocycles. The van der Waals surface area contributed by atoms with Crippen LogP contribution in [0.1, 0.15) is 112 Å². The topological polar surface area (TPSA) is 26.3 Å². The van der Waals surface area contributed by atoms with Gasteiger partial charge in [-0.3, -0.25) is 0 Å². The zero-order valence-corrected chi connectivity index (χ0v) is 33.2. The monoisotopic (exact) mass is 722 g/mol. The summed E-state index contributed by atoms with van der Waals surface area (Å²) >= 11 is 0. The van der Waals surface area contributed by atoms with Gasteiger partial charge in [-0.15, -0.1) is 0 Å². The summed E-state index contributed by atoms with van der Waals surface area (Å²) in [6, 6.07) is 37.5. The molecule has 1 aliphatic rings. The lowest BCUT2D eigenvalue weighted by atomic mass is 9.92. The first-order valence-corrected chi connectivity index (χ1v) is 21.3. The zero-order valence-electron chi connectivity index (χ0n) is 33.2. The molecule has 0 atom stereocenters. The lowest BCUT2D eigenvalue weighted by molar-refractivity contribution is 0.669. The molecule has 0 bridgehead atoms. The van der Waals surface area contributed by atoms with Crippen LogP contribution < -0.4 is 0 Å². The number of furan rings is 2. The Hall–Kier alpha value is -5.08. The SMILES string of the molecule is CCCCc1ccc2oc3c(-c4ccc5c(c4)-c4cc(-c6cc(CCCC)cc7c6oc6ccc(CCCC)cc67)ccc4C5)cc(CCCC)cc3c2c1. The summed E-state index contributed by atoms with van der Waals surface area (Å²) in [6.45, 7) is 9.10. The fourth-order valence-corrected chi connectivity index (χ4v) is 9.03. The van der Waals surface area contributed by atoms with Gasteiger partial charge in [-0.25, -0.2) is 0 Å². The fraction of sp³-hybridized carbons (Fsp3) is 0.321. The maximum atomic E-state index is 6.74. The molecule has 0 fully saturated rings. The highest BCUT2D eigenvalue weighted by atomic mass is 16.3. The standard InChI is InChI=1S/C53H54O2/c1-5-9-13-34-17-23-50-46(25-34)48-29-36(15-11-7-3)27-44(52(48)54-50)40-21-19-38-31-39-20-22-41(33-43(39)42(38)32-40)45-28-37(16-12-8-4)30-49-47-26-35(14-10-6-2)18-24-51(47)55-53(45)49/h17-30,32-33H,5-16,31H2,1-4H3. The van der Waals surface area contributed by atoms with Crippen molar-refractivity contribution < 1.29 is 8.83 Å². The van der Waals surface area contributed by atoms with Crippen molar-refractivity contribution in [2.75, 3.05) is 0 Å². The molecule has 2 nitrogen and oxygen atoms in total. The first-order chi connectivity index (χ1) is 27.0. The van der Waals surface area contributed by atoms with E-state index in [0.717, 1.165) is 54.4 Å². The van der Waals surface area contributed by atoms with E-state index in [9.17, 15) is 0 Å². The Morgan fingerprint density at radius 2 is 0.782 bits per heavy atom. The van der Waals surface area contributed by atoms with Crippen LogP contribution in [0.25, 0.3) is 77.3 Å². The van der Waals surface area contributed by atoms with E-state index in [-0.39, 0.29) is 0 Å². The van der Waals surface area contributed by atoms with E-state index in [4.69, 9.17) is 8.83 Å². The normalized spacial score (nSPS) is 12.4. The van der Waals surface area contributed by atoms with Crippen molar-refractivity contribution in [1.29, 1.82) is 0 Å². The molecule has 0 N–H and O–H groups in total. The van der Waals surface area contributed by atoms with Gasteiger partial charge in [0.15, 0.2) is 0 Å². The Morgan fingerprint density at radius 1 is 0.382 bits per heavy atom. The van der Waals surface area contributed by atoms with Crippen molar-refractivity contribution in [3.05, 3.63) is 130 Å². The third-order valence-electron chi connectivity index (χ3n) is 12.2. The molecular formula is C53H54O2. The van der Waals surface area contributed by atoms with Crippen LogP contribution in [0.5, 0.6) is 0 Å². The van der Waals surface area contributed by atoms with Gasteiger partial charge in [0.1, 0.15) is 22.3 Å². The molecule has 0 saturated carbocycles. The van der Waals surface area contributed by atoms with Gasteiger partial charge in [0.25, 0.3) is 0 Å². The average molecular weight is 723 g/mol. The number of rotatable bonds is 14. The van der Waals surface area contributed by atoms with Gasteiger partial charge >= 0.3 is 0 Å². The van der Waals surface area contributed by atoms with Gasteiger partial charge in [-0.1, -0.05) is 89.8 Å². The minimum Gasteiger partial charge on any atom is -0.455 e. The minimum atomic E-state index is 0.958. The largest absolute Gasteiger partial charge is 0.455 e. The van der Waals surface area contributed by atoms with Crippen LogP contribution in [0, 0.1) is 0 Å². The number of fused-ring (bicyclic) bond motifs is 9. The highest BCUT2D eigenvalue weighted by molar-refractivity contribution is 6.11. The maximum absolute atomic E-state index is 6.74. The summed E-state index contributed by atoms with van der Waals surface area (Å²) in [5.41, 5.74) is 19.9. The molecule has 0 amide bonds. The van der Waals surface area contributed by atoms with Gasteiger partial charge in [-0.2, -0.15) is 0 Å². The van der Waals surface area contributed by atoms with Crippen molar-refractivity contribution >= 4 is 43.9 Å². The first-order valence-electron chi connectivity index (χ1n) is 21.3. The third kappa shape index (κ3) is 6.69. The highest BCUT2D eigenvalue weighted by Gasteiger charge is 2.23. The molecule has 55 heavy (non-hydrogen) atoms. The molecule has 9 rings (SSSR count). The summed E-state index contributed by atoms with van der Waals surface area (Å²) in [7, 11) is 0. The molecule has 2 aromatic heterocycles. The molecule has 0 radical (unpaired) electrons. The molecule has 0 saturated heterocycles. The number of aryl methyl sites for hydroxylation is 4. The van der Waals surface area contributed by atoms with Gasteiger partial charge in [-0.05, 0) is 174 Å². The number of hydrogen-bond donors (Lipinski definition) is 0. The molecule has 0 spiro atoms. The molecule has 278 valence electrons. The summed E-state index contributed by atoms with van der Waals surface area (Å²) < 4.78 is 13.5. The molecular weight excluding hydrogens is 669 g/mol. The van der Waals surface area contributed by atoms with Crippen molar-refractivity contribution in [3.63, 3.8) is 0 Å². The van der Waals surface area contributed by atoms with E-state index in [1.54, 1.807) is 0 Å². The molecule has 8 aromatic rings. The second-order valence-corrected chi connectivity index (χ2v) is 16.2. The van der Waals surface area contributed by atoms with Gasteiger partial charge < -0.3 is 8.83 Å². The Balaban J connectivity index is 1.16. The van der Waals surface area contributed by atoms with Crippen LogP contribution in [0.4, 0.5) is 0 Å². The summed E-state index contributed by atoms with van der Waals surface area (Å²) in [5.74, 6) is 0. The van der Waals surface area contributed by atoms with E-state index >= 15 is 0 Å². The first kappa shape index (κ1) is 35.6. The molecule has 2 heteroatoms. The fourth-order valence-electron chi connectivity index (χ4n) is 9.03. The van der Waals surface area contributed by atoms with Crippen LogP contribution in [0.3, 0.4) is 0 Å². The van der Waals surface area contributed by atoms with Gasteiger partial charge in [0.2, 0.25) is 0 Å². The van der Waals surface area contributed by atoms with E-state index in [0.29, 0.717) is 0 Å². The Bertz CT molecular complexity index is 2500. The van der Waals surface area contributed by atoms with Crippen molar-refractivity contribution in [2.45, 2.75) is 111 Å². The molecule has 0 unspecified atom stereocenters. The molecule has 1 aliphatic carbocycles. The number of hydrogen-bond acceptors (Lipinski definition) is 2. The molecule has 2 heterocycles. The third-order valence-corrected chi connectivity index (χ3v) is 12.2. The minimum absolute atomic E-state index is 0.958. The van der Waals surface area contributed by atoms with E-state index < -0.39 is 0 Å². The van der Waals surface area contributed by atoms with E-state index in [1.807, 2.05) is 0 Å². The highest BCUT2D eigenvalue weighted by Crippen LogP contribution is 2.45. The van der Waals surface area contributed by atoms with Crippen LogP contribution in [-0.4, -0.2) is 0 Å². The smallest absolute Gasteiger partial charge is 0.143 e. The lowest BCUT2D eigenvalue weighted by Gasteiger charge is -2.11. The Morgan fingerprint density at radius 3 is 1.20 bits per heavy atom. The summed E-state index contributed by atoms with van der Waals surface area (Å²) in [5, 5.41) is 4.98. The lowest BCUT2D eigenvalue weighted by Crippen LogP contribution is -1.90. The van der Waals surface area contributed by atoms with Crippen molar-refractivity contribution in [3.8, 4) is 33.4 Å². The predicted molar refractivity (Wildman–Crippen MR) is 235 cm³/mol. The van der Waals surface area contributed by atoms with Crippen LogP contribution >= 0.6 is 0 Å². The Labute approximate surface area is 326 Å². The summed E-state index contributed by atoms with van der Waals surface area (Å²) in [4.78, 5) is 0. The maximum Gasteiger partial charge on any atom is 0.143 e. The number of benzene rings is 6. The van der Waals surface area contributed by atoms with Crippen molar-refractivity contribution in [2.24, 2.45) is 0 Å². The van der Waals surface area contributed by atoms with Crippen LogP contribution in [0.2, 0.25) is 0 Å². The zero-order chi connectivity index (χ0) is 37.5. The number of unbranched alkanes of at least 4 members (excludes halogenated alkanes) is 4. The Kier molecular flexibility index (Phi) is 9.85. The second kappa shape index (κ2) is 15.2. The average Bonchev–Trinajstić information content (AvgIpc) is 3.90.